The van der Waals surface area contributed by atoms with E-state index < -0.39 is 11.6 Å². The quantitative estimate of drug-likeness (QED) is 0.839. The highest BCUT2D eigenvalue weighted by Gasteiger charge is 2.21. The summed E-state index contributed by atoms with van der Waals surface area (Å²) in [6, 6.07) is 3.59. The standard InChI is InChI=1S/C15H22F2N2O/c1-2-18-15(4-6-19-5-3-14(20)10-19)11-7-12(16)9-13(17)8-11/h7-9,14-15,18,20H,2-6,10H2,1H3. The Morgan fingerprint density at radius 3 is 2.60 bits per heavy atom. The molecule has 0 aromatic heterocycles. The minimum absolute atomic E-state index is 0.0667. The maximum Gasteiger partial charge on any atom is 0.126 e. The van der Waals surface area contributed by atoms with Gasteiger partial charge in [-0.3, -0.25) is 0 Å². The lowest BCUT2D eigenvalue weighted by Crippen LogP contribution is -2.29. The Labute approximate surface area is 118 Å². The lowest BCUT2D eigenvalue weighted by molar-refractivity contribution is 0.174. The van der Waals surface area contributed by atoms with E-state index >= 15 is 0 Å². The number of nitrogens with one attached hydrogen (secondary N) is 1. The molecule has 1 aliphatic rings. The predicted octanol–water partition coefficient (Wildman–Crippen LogP) is 2.07. The highest BCUT2D eigenvalue weighted by atomic mass is 19.1. The van der Waals surface area contributed by atoms with Crippen LogP contribution < -0.4 is 5.32 Å². The third-order valence-corrected chi connectivity index (χ3v) is 3.72. The van der Waals surface area contributed by atoms with Crippen molar-refractivity contribution >= 4 is 0 Å². The van der Waals surface area contributed by atoms with Crippen LogP contribution >= 0.6 is 0 Å². The smallest absolute Gasteiger partial charge is 0.126 e. The van der Waals surface area contributed by atoms with E-state index in [1.54, 1.807) is 0 Å². The second-order valence-electron chi connectivity index (χ2n) is 5.34. The van der Waals surface area contributed by atoms with Gasteiger partial charge in [0.2, 0.25) is 0 Å². The molecule has 5 heteroatoms. The topological polar surface area (TPSA) is 35.5 Å². The van der Waals surface area contributed by atoms with Gasteiger partial charge in [-0.15, -0.1) is 0 Å². The van der Waals surface area contributed by atoms with Crippen molar-refractivity contribution in [3.8, 4) is 0 Å². The molecule has 20 heavy (non-hydrogen) atoms. The maximum atomic E-state index is 13.3. The van der Waals surface area contributed by atoms with E-state index in [9.17, 15) is 13.9 Å². The first kappa shape index (κ1) is 15.4. The molecule has 1 aromatic carbocycles. The summed E-state index contributed by atoms with van der Waals surface area (Å²) >= 11 is 0. The Bertz CT molecular complexity index is 422. The normalized spacial score (nSPS) is 21.3. The van der Waals surface area contributed by atoms with Gasteiger partial charge < -0.3 is 15.3 Å². The van der Waals surface area contributed by atoms with Crippen LogP contribution in [0.3, 0.4) is 0 Å². The van der Waals surface area contributed by atoms with Gasteiger partial charge in [0, 0.05) is 31.7 Å². The van der Waals surface area contributed by atoms with Crippen molar-refractivity contribution < 1.29 is 13.9 Å². The lowest BCUT2D eigenvalue weighted by Gasteiger charge is -2.22. The number of rotatable bonds is 6. The average molecular weight is 284 g/mol. The number of aliphatic hydroxyl groups excluding tert-OH is 1. The van der Waals surface area contributed by atoms with Crippen molar-refractivity contribution in [1.82, 2.24) is 10.2 Å². The monoisotopic (exact) mass is 284 g/mol. The van der Waals surface area contributed by atoms with E-state index in [4.69, 9.17) is 0 Å². The van der Waals surface area contributed by atoms with E-state index in [-0.39, 0.29) is 12.1 Å². The molecule has 0 aliphatic carbocycles. The molecule has 1 aliphatic heterocycles. The second kappa shape index (κ2) is 7.11. The number of likely N-dealkylation sites (tertiary alicyclic amines) is 1. The summed E-state index contributed by atoms with van der Waals surface area (Å²) in [5.41, 5.74) is 0.643. The Hall–Kier alpha value is -1.04. The van der Waals surface area contributed by atoms with E-state index in [0.29, 0.717) is 12.1 Å². The van der Waals surface area contributed by atoms with Gasteiger partial charge >= 0.3 is 0 Å². The fraction of sp³-hybridized carbons (Fsp3) is 0.600. The number of hydrogen-bond donors (Lipinski definition) is 2. The number of benzene rings is 1. The summed E-state index contributed by atoms with van der Waals surface area (Å²) < 4.78 is 26.6. The van der Waals surface area contributed by atoms with Gasteiger partial charge in [-0.1, -0.05) is 6.92 Å². The number of hydrogen-bond acceptors (Lipinski definition) is 3. The first-order valence-corrected chi connectivity index (χ1v) is 7.18. The molecule has 2 N–H and O–H groups in total. The van der Waals surface area contributed by atoms with Crippen molar-refractivity contribution in [2.45, 2.75) is 31.9 Å². The van der Waals surface area contributed by atoms with E-state index in [1.807, 2.05) is 6.92 Å². The Morgan fingerprint density at radius 1 is 1.35 bits per heavy atom. The third kappa shape index (κ3) is 4.23. The number of nitrogens with zero attached hydrogens (tertiary/aromatic N) is 1. The zero-order chi connectivity index (χ0) is 14.5. The van der Waals surface area contributed by atoms with Crippen LogP contribution in [0.1, 0.15) is 31.4 Å². The highest BCUT2D eigenvalue weighted by Crippen LogP contribution is 2.21. The first-order chi connectivity index (χ1) is 9.58. The minimum Gasteiger partial charge on any atom is -0.392 e. The second-order valence-corrected chi connectivity index (χ2v) is 5.34. The molecule has 112 valence electrons. The lowest BCUT2D eigenvalue weighted by atomic mass is 10.0. The fourth-order valence-corrected chi connectivity index (χ4v) is 2.74. The van der Waals surface area contributed by atoms with Crippen LogP contribution in [0.5, 0.6) is 0 Å². The van der Waals surface area contributed by atoms with Crippen molar-refractivity contribution in [3.05, 3.63) is 35.4 Å². The Morgan fingerprint density at radius 2 is 2.05 bits per heavy atom. The van der Waals surface area contributed by atoms with Crippen LogP contribution in [-0.4, -0.2) is 42.3 Å². The summed E-state index contributed by atoms with van der Waals surface area (Å²) in [6.07, 6.45) is 1.34. The zero-order valence-corrected chi connectivity index (χ0v) is 11.8. The van der Waals surface area contributed by atoms with Crippen molar-refractivity contribution in [2.75, 3.05) is 26.2 Å². The fourth-order valence-electron chi connectivity index (χ4n) is 2.74. The van der Waals surface area contributed by atoms with Crippen LogP contribution in [0, 0.1) is 11.6 Å². The van der Waals surface area contributed by atoms with Gasteiger partial charge in [0.15, 0.2) is 0 Å². The predicted molar refractivity (Wildman–Crippen MR) is 74.5 cm³/mol. The largest absolute Gasteiger partial charge is 0.392 e. The van der Waals surface area contributed by atoms with Gasteiger partial charge in [-0.2, -0.15) is 0 Å². The molecule has 1 fully saturated rings. The van der Waals surface area contributed by atoms with Crippen LogP contribution in [0.4, 0.5) is 8.78 Å². The molecule has 3 nitrogen and oxygen atoms in total. The van der Waals surface area contributed by atoms with Crippen LogP contribution in [0.15, 0.2) is 18.2 Å². The van der Waals surface area contributed by atoms with E-state index in [0.717, 1.165) is 38.5 Å². The van der Waals surface area contributed by atoms with Crippen molar-refractivity contribution in [1.29, 1.82) is 0 Å². The highest BCUT2D eigenvalue weighted by molar-refractivity contribution is 5.21. The number of aliphatic hydroxyl groups is 1. The zero-order valence-electron chi connectivity index (χ0n) is 11.8. The third-order valence-electron chi connectivity index (χ3n) is 3.72. The molecule has 0 amide bonds. The maximum absolute atomic E-state index is 13.3. The van der Waals surface area contributed by atoms with Crippen molar-refractivity contribution in [3.63, 3.8) is 0 Å². The van der Waals surface area contributed by atoms with Gasteiger partial charge in [0.25, 0.3) is 0 Å². The molecule has 1 saturated heterocycles. The molecule has 1 heterocycles. The molecule has 2 atom stereocenters. The molecule has 1 aromatic rings. The average Bonchev–Trinajstić information content (AvgIpc) is 2.79. The van der Waals surface area contributed by atoms with Gasteiger partial charge in [0.1, 0.15) is 11.6 Å². The van der Waals surface area contributed by atoms with Gasteiger partial charge in [-0.25, -0.2) is 8.78 Å². The molecule has 0 saturated carbocycles. The van der Waals surface area contributed by atoms with E-state index in [1.165, 1.54) is 12.1 Å². The summed E-state index contributed by atoms with van der Waals surface area (Å²) in [6.45, 7) is 5.11. The summed E-state index contributed by atoms with van der Waals surface area (Å²) in [5.74, 6) is -1.08. The van der Waals surface area contributed by atoms with Gasteiger partial charge in [0.05, 0.1) is 6.10 Å². The van der Waals surface area contributed by atoms with Crippen LogP contribution in [0.2, 0.25) is 0 Å². The minimum atomic E-state index is -0.542. The molecular weight excluding hydrogens is 262 g/mol. The molecule has 0 radical (unpaired) electrons. The number of β-amino-alcohol motifs (C(OH)–C–C–N with tert-alkyl or cyclic N) is 1. The molecular formula is C15H22F2N2O. The molecule has 2 unspecified atom stereocenters. The van der Waals surface area contributed by atoms with Gasteiger partial charge in [-0.05, 0) is 37.1 Å². The molecule has 0 bridgehead atoms. The summed E-state index contributed by atoms with van der Waals surface area (Å²) in [7, 11) is 0. The molecule has 2 rings (SSSR count). The number of halogens is 2. The Balaban J connectivity index is 1.98. The SMILES string of the molecule is CCNC(CCN1CCC(O)C1)c1cc(F)cc(F)c1. The summed E-state index contributed by atoms with van der Waals surface area (Å²) in [4.78, 5) is 2.19. The van der Waals surface area contributed by atoms with Crippen molar-refractivity contribution in [2.24, 2.45) is 0 Å². The van der Waals surface area contributed by atoms with E-state index in [2.05, 4.69) is 10.2 Å². The Kier molecular flexibility index (Phi) is 5.46. The first-order valence-electron chi connectivity index (χ1n) is 7.18. The van der Waals surface area contributed by atoms with Crippen LogP contribution in [-0.2, 0) is 0 Å². The van der Waals surface area contributed by atoms with Crippen LogP contribution in [0.25, 0.3) is 0 Å². The summed E-state index contributed by atoms with van der Waals surface area (Å²) in [5, 5.41) is 12.8. The molecule has 0 spiro atoms.